The third-order valence-electron chi connectivity index (χ3n) is 4.76. The van der Waals surface area contributed by atoms with Gasteiger partial charge in [-0.25, -0.2) is 0 Å². The monoisotopic (exact) mass is 377 g/mol. The van der Waals surface area contributed by atoms with E-state index in [0.29, 0.717) is 49.8 Å². The molecule has 26 heavy (non-hydrogen) atoms. The molecule has 1 N–H and O–H groups in total. The number of hydrogen-bond donors (Lipinski definition) is 1. The largest absolute Gasteiger partial charge is 0.508 e. The molecular weight excluding hydrogens is 354 g/mol. The van der Waals surface area contributed by atoms with Gasteiger partial charge in [0.05, 0.1) is 5.88 Å². The summed E-state index contributed by atoms with van der Waals surface area (Å²) in [4.78, 5) is 42.4. The minimum Gasteiger partial charge on any atom is -0.508 e. The van der Waals surface area contributed by atoms with Gasteiger partial charge in [0.1, 0.15) is 11.8 Å². The van der Waals surface area contributed by atoms with Gasteiger partial charge >= 0.3 is 0 Å². The molecule has 3 rings (SSSR count). The van der Waals surface area contributed by atoms with E-state index in [1.54, 1.807) is 45.5 Å². The second kappa shape index (κ2) is 7.99. The number of piperazine rings is 1. The van der Waals surface area contributed by atoms with E-state index in [1.807, 2.05) is 0 Å². The van der Waals surface area contributed by atoms with E-state index in [9.17, 15) is 19.5 Å². The molecule has 0 radical (unpaired) electrons. The molecule has 7 nitrogen and oxygen atoms in total. The Kier molecular flexibility index (Phi) is 5.70. The lowest BCUT2D eigenvalue weighted by Crippen LogP contribution is -2.55. The zero-order valence-electron chi connectivity index (χ0n) is 14.8. The molecule has 0 bridgehead atoms. The van der Waals surface area contributed by atoms with Gasteiger partial charge in [0, 0.05) is 43.9 Å². The number of carbonyl (C=O) groups excluding carboxylic acids is 3. The van der Waals surface area contributed by atoms with Gasteiger partial charge in [-0.15, -0.1) is 11.8 Å². The van der Waals surface area contributed by atoms with Gasteiger partial charge in [-0.2, -0.15) is 0 Å². The van der Waals surface area contributed by atoms with E-state index in [2.05, 4.69) is 0 Å². The van der Waals surface area contributed by atoms with Gasteiger partial charge in [-0.3, -0.25) is 14.4 Å². The number of rotatable bonds is 3. The number of phenols is 1. The Morgan fingerprint density at radius 2 is 1.85 bits per heavy atom. The Morgan fingerprint density at radius 1 is 1.15 bits per heavy atom. The molecule has 1 aromatic rings. The second-order valence-electron chi connectivity index (χ2n) is 6.40. The highest BCUT2D eigenvalue weighted by atomic mass is 32.2. The smallest absolute Gasteiger partial charge is 0.254 e. The zero-order chi connectivity index (χ0) is 18.7. The molecule has 2 aliphatic heterocycles. The number of hydrogen-bond acceptors (Lipinski definition) is 5. The SMILES string of the molecule is CCC(=O)N1CSC[C@@H]1C(=O)N1CCN(C(=O)c2cccc(O)c2)CC1. The number of phenolic OH excluding ortho intramolecular Hbond substituents is 1. The van der Waals surface area contributed by atoms with Gasteiger partial charge in [0.25, 0.3) is 5.91 Å². The summed E-state index contributed by atoms with van der Waals surface area (Å²) in [6.07, 6.45) is 0.399. The molecule has 2 saturated heterocycles. The Hall–Kier alpha value is -2.22. The van der Waals surface area contributed by atoms with Crippen LogP contribution in [-0.2, 0) is 9.59 Å². The van der Waals surface area contributed by atoms with E-state index < -0.39 is 0 Å². The Balaban J connectivity index is 1.59. The van der Waals surface area contributed by atoms with Crippen LogP contribution in [0.25, 0.3) is 0 Å². The van der Waals surface area contributed by atoms with Gasteiger partial charge in [-0.1, -0.05) is 13.0 Å². The minimum absolute atomic E-state index is 0.00560. The molecule has 0 aliphatic carbocycles. The van der Waals surface area contributed by atoms with Crippen molar-refractivity contribution in [2.45, 2.75) is 19.4 Å². The predicted molar refractivity (Wildman–Crippen MR) is 98.8 cm³/mol. The lowest BCUT2D eigenvalue weighted by Gasteiger charge is -2.37. The van der Waals surface area contributed by atoms with Crippen LogP contribution in [0.5, 0.6) is 5.75 Å². The second-order valence-corrected chi connectivity index (χ2v) is 7.40. The summed E-state index contributed by atoms with van der Waals surface area (Å²) in [6.45, 7) is 3.61. The number of carbonyl (C=O) groups is 3. The lowest BCUT2D eigenvalue weighted by molar-refractivity contribution is -0.144. The zero-order valence-corrected chi connectivity index (χ0v) is 15.6. The summed E-state index contributed by atoms with van der Waals surface area (Å²) < 4.78 is 0. The highest BCUT2D eigenvalue weighted by Crippen LogP contribution is 2.24. The third kappa shape index (κ3) is 3.80. The first-order chi connectivity index (χ1) is 12.5. The predicted octanol–water partition coefficient (Wildman–Crippen LogP) is 0.988. The Labute approximate surface area is 156 Å². The Bertz CT molecular complexity index is 703. The number of thioether (sulfide) groups is 1. The van der Waals surface area contributed by atoms with Crippen molar-refractivity contribution in [1.82, 2.24) is 14.7 Å². The topological polar surface area (TPSA) is 81.2 Å². The molecule has 140 valence electrons. The molecular formula is C18H23N3O4S. The standard InChI is InChI=1S/C18H23N3O4S/c1-2-16(23)21-12-26-11-15(21)18(25)20-8-6-19(7-9-20)17(24)13-4-3-5-14(22)10-13/h3-5,10,15,22H,2,6-9,11-12H2,1H3/t15-/m1/s1. The van der Waals surface area contributed by atoms with Gasteiger partial charge in [0.2, 0.25) is 11.8 Å². The van der Waals surface area contributed by atoms with Crippen LogP contribution < -0.4 is 0 Å². The maximum absolute atomic E-state index is 12.8. The number of nitrogens with zero attached hydrogens (tertiary/aromatic N) is 3. The fourth-order valence-corrected chi connectivity index (χ4v) is 4.43. The summed E-state index contributed by atoms with van der Waals surface area (Å²) in [5.41, 5.74) is 0.441. The van der Waals surface area contributed by atoms with Crippen LogP contribution in [0, 0.1) is 0 Å². The highest BCUT2D eigenvalue weighted by Gasteiger charge is 2.37. The first kappa shape index (κ1) is 18.6. The van der Waals surface area contributed by atoms with Crippen LogP contribution in [0.2, 0.25) is 0 Å². The molecule has 0 aromatic heterocycles. The molecule has 2 fully saturated rings. The molecule has 2 heterocycles. The quantitative estimate of drug-likeness (QED) is 0.850. The van der Waals surface area contributed by atoms with Gasteiger partial charge < -0.3 is 19.8 Å². The van der Waals surface area contributed by atoms with E-state index in [1.165, 1.54) is 12.1 Å². The normalized spacial score (nSPS) is 20.3. The van der Waals surface area contributed by atoms with Crippen LogP contribution >= 0.6 is 11.8 Å². The first-order valence-electron chi connectivity index (χ1n) is 8.75. The summed E-state index contributed by atoms with van der Waals surface area (Å²) in [5, 5.41) is 9.53. The summed E-state index contributed by atoms with van der Waals surface area (Å²) in [5.74, 6) is 1.09. The molecule has 1 aromatic carbocycles. The maximum Gasteiger partial charge on any atom is 0.254 e. The van der Waals surface area contributed by atoms with E-state index in [-0.39, 0.29) is 29.5 Å². The van der Waals surface area contributed by atoms with Crippen molar-refractivity contribution >= 4 is 29.5 Å². The minimum atomic E-state index is -0.388. The number of amides is 3. The number of aromatic hydroxyl groups is 1. The highest BCUT2D eigenvalue weighted by molar-refractivity contribution is 7.99. The van der Waals surface area contributed by atoms with Gasteiger partial charge in [0.15, 0.2) is 0 Å². The van der Waals surface area contributed by atoms with Gasteiger partial charge in [-0.05, 0) is 18.2 Å². The van der Waals surface area contributed by atoms with Crippen LogP contribution in [0.3, 0.4) is 0 Å². The molecule has 3 amide bonds. The van der Waals surface area contributed by atoms with Crippen molar-refractivity contribution < 1.29 is 19.5 Å². The van der Waals surface area contributed by atoms with Crippen molar-refractivity contribution in [3.63, 3.8) is 0 Å². The fourth-order valence-electron chi connectivity index (χ4n) is 3.26. The summed E-state index contributed by atoms with van der Waals surface area (Å²) >= 11 is 1.60. The molecule has 0 saturated carbocycles. The van der Waals surface area contributed by atoms with Crippen molar-refractivity contribution in [1.29, 1.82) is 0 Å². The number of benzene rings is 1. The Morgan fingerprint density at radius 3 is 2.50 bits per heavy atom. The molecule has 1 atom stereocenters. The van der Waals surface area contributed by atoms with Crippen LogP contribution in [0.4, 0.5) is 0 Å². The fraction of sp³-hybridized carbons (Fsp3) is 0.500. The summed E-state index contributed by atoms with van der Waals surface area (Å²) in [7, 11) is 0. The van der Waals surface area contributed by atoms with E-state index >= 15 is 0 Å². The van der Waals surface area contributed by atoms with Crippen LogP contribution in [0.1, 0.15) is 23.7 Å². The maximum atomic E-state index is 12.8. The van der Waals surface area contributed by atoms with E-state index in [0.717, 1.165) is 0 Å². The average Bonchev–Trinajstić information content (AvgIpc) is 3.16. The van der Waals surface area contributed by atoms with Crippen LogP contribution in [0.15, 0.2) is 24.3 Å². The van der Waals surface area contributed by atoms with Crippen molar-refractivity contribution in [2.75, 3.05) is 37.8 Å². The van der Waals surface area contributed by atoms with Crippen molar-refractivity contribution in [3.8, 4) is 5.75 Å². The van der Waals surface area contributed by atoms with Crippen molar-refractivity contribution in [2.24, 2.45) is 0 Å². The van der Waals surface area contributed by atoms with E-state index in [4.69, 9.17) is 0 Å². The summed E-state index contributed by atoms with van der Waals surface area (Å²) in [6, 6.07) is 5.89. The first-order valence-corrected chi connectivity index (χ1v) is 9.91. The van der Waals surface area contributed by atoms with Crippen LogP contribution in [-0.4, -0.2) is 81.4 Å². The lowest BCUT2D eigenvalue weighted by atomic mass is 10.1. The molecule has 0 unspecified atom stereocenters. The molecule has 0 spiro atoms. The van der Waals surface area contributed by atoms with Crippen molar-refractivity contribution in [3.05, 3.63) is 29.8 Å². The molecule has 2 aliphatic rings. The molecule has 8 heteroatoms. The average molecular weight is 377 g/mol. The third-order valence-corrected chi connectivity index (χ3v) is 5.77.